The first-order chi connectivity index (χ1) is 4.43. The zero-order valence-corrected chi connectivity index (χ0v) is 8.15. The maximum absolute atomic E-state index is 4.08. The Morgan fingerprint density at radius 3 is 2.70 bits per heavy atom. The zero-order valence-electron chi connectivity index (χ0n) is 5.82. The van der Waals surface area contributed by atoms with Crippen LogP contribution in [-0.4, -0.2) is 4.98 Å². The van der Waals surface area contributed by atoms with Crippen molar-refractivity contribution in [2.45, 2.75) is 6.92 Å². The highest BCUT2D eigenvalue weighted by molar-refractivity contribution is 14.0. The van der Waals surface area contributed by atoms with Gasteiger partial charge < -0.3 is 0 Å². The van der Waals surface area contributed by atoms with Gasteiger partial charge in [0, 0.05) is 6.20 Å². The fraction of sp³-hybridized carbons (Fsp3) is 0.125. The highest BCUT2D eigenvalue weighted by Crippen LogP contribution is 1.94. The SMILES string of the molecule is CC=Cc1ccccn1.I. The normalized spacial score (nSPS) is 9.30. The van der Waals surface area contributed by atoms with Crippen LogP contribution in [0.1, 0.15) is 12.6 Å². The minimum Gasteiger partial charge on any atom is -0.257 e. The van der Waals surface area contributed by atoms with Crippen molar-refractivity contribution in [3.8, 4) is 0 Å². The summed E-state index contributed by atoms with van der Waals surface area (Å²) in [4.78, 5) is 4.08. The van der Waals surface area contributed by atoms with Gasteiger partial charge in [-0.25, -0.2) is 0 Å². The molecular formula is C8H10IN. The molecule has 1 rings (SSSR count). The summed E-state index contributed by atoms with van der Waals surface area (Å²) in [7, 11) is 0. The summed E-state index contributed by atoms with van der Waals surface area (Å²) in [5.74, 6) is 0. The van der Waals surface area contributed by atoms with Crippen LogP contribution in [0.5, 0.6) is 0 Å². The minimum absolute atomic E-state index is 0. The Balaban J connectivity index is 0.000000810. The molecule has 0 radical (unpaired) electrons. The van der Waals surface area contributed by atoms with E-state index in [0.29, 0.717) is 0 Å². The van der Waals surface area contributed by atoms with Crippen molar-refractivity contribution >= 4 is 30.1 Å². The van der Waals surface area contributed by atoms with Crippen molar-refractivity contribution in [2.24, 2.45) is 0 Å². The molecule has 0 aliphatic heterocycles. The molecule has 0 atom stereocenters. The third kappa shape index (κ3) is 2.96. The van der Waals surface area contributed by atoms with Crippen LogP contribution in [0.25, 0.3) is 6.08 Å². The molecule has 0 unspecified atom stereocenters. The lowest BCUT2D eigenvalue weighted by Gasteiger charge is -1.86. The molecule has 0 aliphatic carbocycles. The van der Waals surface area contributed by atoms with Crippen molar-refractivity contribution in [3.63, 3.8) is 0 Å². The summed E-state index contributed by atoms with van der Waals surface area (Å²) in [6.45, 7) is 1.98. The van der Waals surface area contributed by atoms with E-state index in [-0.39, 0.29) is 24.0 Å². The first kappa shape index (κ1) is 9.62. The first-order valence-corrected chi connectivity index (χ1v) is 2.97. The van der Waals surface area contributed by atoms with E-state index in [1.54, 1.807) is 6.20 Å². The van der Waals surface area contributed by atoms with Crippen LogP contribution in [0.3, 0.4) is 0 Å². The number of hydrogen-bond donors (Lipinski definition) is 0. The van der Waals surface area contributed by atoms with Gasteiger partial charge in [-0.05, 0) is 25.1 Å². The molecule has 54 valence electrons. The fourth-order valence-electron chi connectivity index (χ4n) is 0.645. The van der Waals surface area contributed by atoms with Gasteiger partial charge in [-0.1, -0.05) is 12.1 Å². The number of rotatable bonds is 1. The van der Waals surface area contributed by atoms with Gasteiger partial charge in [0.05, 0.1) is 5.69 Å². The van der Waals surface area contributed by atoms with Gasteiger partial charge in [0.25, 0.3) is 0 Å². The van der Waals surface area contributed by atoms with Crippen molar-refractivity contribution in [2.75, 3.05) is 0 Å². The largest absolute Gasteiger partial charge is 0.257 e. The second-order valence-corrected chi connectivity index (χ2v) is 1.75. The summed E-state index contributed by atoms with van der Waals surface area (Å²) in [5.41, 5.74) is 1.01. The molecule has 10 heavy (non-hydrogen) atoms. The minimum atomic E-state index is 0. The summed E-state index contributed by atoms with van der Waals surface area (Å²) >= 11 is 0. The second-order valence-electron chi connectivity index (χ2n) is 1.75. The molecule has 0 amide bonds. The predicted octanol–water partition coefficient (Wildman–Crippen LogP) is 2.73. The van der Waals surface area contributed by atoms with Crippen LogP contribution in [0.15, 0.2) is 30.5 Å². The van der Waals surface area contributed by atoms with Crippen molar-refractivity contribution in [3.05, 3.63) is 36.2 Å². The number of halogens is 1. The Hall–Kier alpha value is -0.380. The maximum atomic E-state index is 4.08. The van der Waals surface area contributed by atoms with Crippen LogP contribution in [-0.2, 0) is 0 Å². The van der Waals surface area contributed by atoms with Crippen LogP contribution < -0.4 is 0 Å². The quantitative estimate of drug-likeness (QED) is 0.695. The lowest BCUT2D eigenvalue weighted by molar-refractivity contribution is 1.29. The van der Waals surface area contributed by atoms with Crippen molar-refractivity contribution < 1.29 is 0 Å². The summed E-state index contributed by atoms with van der Waals surface area (Å²) in [6.07, 6.45) is 5.73. The smallest absolute Gasteiger partial charge is 0.0626 e. The number of aromatic nitrogens is 1. The molecule has 1 aromatic heterocycles. The predicted molar refractivity (Wildman–Crippen MR) is 54.4 cm³/mol. The molecule has 0 aromatic carbocycles. The molecule has 0 saturated carbocycles. The van der Waals surface area contributed by atoms with E-state index in [4.69, 9.17) is 0 Å². The Bertz CT molecular complexity index is 194. The van der Waals surface area contributed by atoms with Crippen LogP contribution >= 0.6 is 24.0 Å². The number of allylic oxidation sites excluding steroid dienone is 1. The lowest BCUT2D eigenvalue weighted by Crippen LogP contribution is -1.74. The number of nitrogens with zero attached hydrogens (tertiary/aromatic N) is 1. The van der Waals surface area contributed by atoms with Gasteiger partial charge in [0.2, 0.25) is 0 Å². The molecule has 0 aliphatic rings. The van der Waals surface area contributed by atoms with Gasteiger partial charge >= 0.3 is 0 Å². The Morgan fingerprint density at radius 1 is 1.40 bits per heavy atom. The fourth-order valence-corrected chi connectivity index (χ4v) is 0.645. The highest BCUT2D eigenvalue weighted by Gasteiger charge is 1.79. The zero-order chi connectivity index (χ0) is 6.53. The molecule has 0 bridgehead atoms. The molecule has 2 heteroatoms. The first-order valence-electron chi connectivity index (χ1n) is 2.97. The Labute approximate surface area is 78.2 Å². The third-order valence-electron chi connectivity index (χ3n) is 1.03. The Morgan fingerprint density at radius 2 is 2.20 bits per heavy atom. The van der Waals surface area contributed by atoms with Gasteiger partial charge in [-0.3, -0.25) is 4.98 Å². The van der Waals surface area contributed by atoms with Crippen molar-refractivity contribution in [1.29, 1.82) is 0 Å². The summed E-state index contributed by atoms with van der Waals surface area (Å²) in [5, 5.41) is 0. The van der Waals surface area contributed by atoms with Gasteiger partial charge in [0.1, 0.15) is 0 Å². The molecule has 0 N–H and O–H groups in total. The lowest BCUT2D eigenvalue weighted by atomic mass is 10.3. The number of hydrogen-bond acceptors (Lipinski definition) is 1. The molecule has 0 saturated heterocycles. The van der Waals surface area contributed by atoms with Crippen LogP contribution in [0.4, 0.5) is 0 Å². The topological polar surface area (TPSA) is 12.9 Å². The standard InChI is InChI=1S/C8H9N.HI/c1-2-5-8-6-3-4-7-9-8;/h2-7H,1H3;1H. The van der Waals surface area contributed by atoms with E-state index in [2.05, 4.69) is 4.98 Å². The van der Waals surface area contributed by atoms with E-state index >= 15 is 0 Å². The molecule has 0 fully saturated rings. The molecular weight excluding hydrogens is 237 g/mol. The average Bonchev–Trinajstić information content (AvgIpc) is 1.91. The summed E-state index contributed by atoms with van der Waals surface area (Å²) in [6, 6.07) is 5.86. The van der Waals surface area contributed by atoms with Crippen molar-refractivity contribution in [1.82, 2.24) is 4.98 Å². The second kappa shape index (κ2) is 5.41. The van der Waals surface area contributed by atoms with Gasteiger partial charge in [-0.15, -0.1) is 24.0 Å². The van der Waals surface area contributed by atoms with E-state index in [1.165, 1.54) is 0 Å². The number of pyridine rings is 1. The highest BCUT2D eigenvalue weighted by atomic mass is 127. The van der Waals surface area contributed by atoms with Gasteiger partial charge in [-0.2, -0.15) is 0 Å². The third-order valence-corrected chi connectivity index (χ3v) is 1.03. The van der Waals surface area contributed by atoms with E-state index in [9.17, 15) is 0 Å². The molecule has 1 heterocycles. The van der Waals surface area contributed by atoms with Crippen LogP contribution in [0, 0.1) is 0 Å². The average molecular weight is 247 g/mol. The Kier molecular flexibility index (Phi) is 5.20. The van der Waals surface area contributed by atoms with Crippen LogP contribution in [0.2, 0.25) is 0 Å². The monoisotopic (exact) mass is 247 g/mol. The molecule has 1 aromatic rings. The van der Waals surface area contributed by atoms with E-state index < -0.39 is 0 Å². The molecule has 1 nitrogen and oxygen atoms in total. The maximum Gasteiger partial charge on any atom is 0.0626 e. The van der Waals surface area contributed by atoms with E-state index in [0.717, 1.165) is 5.69 Å². The molecule has 0 spiro atoms. The van der Waals surface area contributed by atoms with E-state index in [1.807, 2.05) is 37.3 Å². The van der Waals surface area contributed by atoms with Gasteiger partial charge in [0.15, 0.2) is 0 Å². The summed E-state index contributed by atoms with van der Waals surface area (Å²) < 4.78 is 0.